The van der Waals surface area contributed by atoms with Crippen LogP contribution in [-0.2, 0) is 70.3 Å². The van der Waals surface area contributed by atoms with E-state index in [1.165, 1.54) is 6.07 Å². The van der Waals surface area contributed by atoms with E-state index in [2.05, 4.69) is 26.6 Å². The fraction of sp³-hybridized carbons (Fsp3) is 0.510. The van der Waals surface area contributed by atoms with Gasteiger partial charge >= 0.3 is 11.9 Å². The number of carboxylic acids is 1. The van der Waals surface area contributed by atoms with Gasteiger partial charge in [-0.1, -0.05) is 20.8 Å². The number of aliphatic hydroxyl groups excluding tert-OH is 4. The van der Waals surface area contributed by atoms with Gasteiger partial charge in [-0.25, -0.2) is 19.0 Å². The molecule has 10 atom stereocenters. The predicted molar refractivity (Wildman–Crippen MR) is 254 cm³/mol. The number of ether oxygens (including phenoxy) is 3. The number of pyridine rings is 1. The van der Waals surface area contributed by atoms with Crippen molar-refractivity contribution >= 4 is 69.9 Å². The Balaban J connectivity index is 0.990. The lowest BCUT2D eigenvalue weighted by atomic mass is 9.81. The molecule has 0 spiro atoms. The van der Waals surface area contributed by atoms with Crippen molar-refractivity contribution in [2.75, 3.05) is 32.8 Å². The zero-order valence-corrected chi connectivity index (χ0v) is 41.5. The number of carbonyl (C=O) groups is 9. The summed E-state index contributed by atoms with van der Waals surface area (Å²) in [5, 5.41) is 77.1. The Morgan fingerprint density at radius 1 is 0.947 bits per heavy atom. The van der Waals surface area contributed by atoms with Crippen LogP contribution >= 0.6 is 0 Å². The normalized spacial score (nSPS) is 26.3. The highest BCUT2D eigenvalue weighted by Crippen LogP contribution is 2.49. The van der Waals surface area contributed by atoms with Crippen molar-refractivity contribution in [1.29, 1.82) is 0 Å². The number of fused-ring (bicyclic) bond motifs is 4. The van der Waals surface area contributed by atoms with Gasteiger partial charge in [0.05, 0.1) is 36.1 Å². The summed E-state index contributed by atoms with van der Waals surface area (Å²) < 4.78 is 31.5. The fourth-order valence-electron chi connectivity index (χ4n) is 10.1. The first-order valence-electron chi connectivity index (χ1n) is 24.4. The maximum Gasteiger partial charge on any atom is 0.343 e. The molecule has 0 saturated carbocycles. The number of carbonyl (C=O) groups excluding carboxylic acids is 8. The van der Waals surface area contributed by atoms with Gasteiger partial charge in [-0.2, -0.15) is 0 Å². The Morgan fingerprint density at radius 3 is 2.33 bits per heavy atom. The van der Waals surface area contributed by atoms with Gasteiger partial charge in [0.1, 0.15) is 49.4 Å². The molecule has 2 aromatic rings. The van der Waals surface area contributed by atoms with Gasteiger partial charge in [0.15, 0.2) is 24.2 Å². The van der Waals surface area contributed by atoms with Crippen molar-refractivity contribution in [2.24, 2.45) is 5.92 Å². The quantitative estimate of drug-likeness (QED) is 0.0506. The highest BCUT2D eigenvalue weighted by Gasteiger charge is 2.51. The number of nitrogens with zero attached hydrogens (tertiary/aromatic N) is 3. The molecule has 1 aliphatic carbocycles. The second-order valence-corrected chi connectivity index (χ2v) is 19.5. The minimum absolute atomic E-state index is 0.0382. The molecule has 7 amide bonds. The summed E-state index contributed by atoms with van der Waals surface area (Å²) >= 11 is 0. The smallest absolute Gasteiger partial charge is 0.343 e. The summed E-state index contributed by atoms with van der Waals surface area (Å²) in [6, 6.07) is -2.70. The van der Waals surface area contributed by atoms with Crippen molar-refractivity contribution in [3.05, 3.63) is 69.2 Å². The highest BCUT2D eigenvalue weighted by molar-refractivity contribution is 6.14. The lowest BCUT2D eigenvalue weighted by molar-refractivity contribution is -0.294. The third-order valence-electron chi connectivity index (χ3n) is 14.3. The monoisotopic (exact) mass is 1060 g/mol. The van der Waals surface area contributed by atoms with E-state index in [0.717, 1.165) is 12.2 Å². The molecule has 1 aromatic heterocycles. The maximum absolute atomic E-state index is 15.5. The molecule has 0 radical (unpaired) electrons. The molecule has 8 rings (SSSR count). The molecule has 408 valence electrons. The number of nitrogens with one attached hydrogen (secondary N) is 5. The van der Waals surface area contributed by atoms with Crippen molar-refractivity contribution in [3.63, 3.8) is 0 Å². The minimum atomic E-state index is -2.10. The lowest BCUT2D eigenvalue weighted by Crippen LogP contribution is -2.61. The standard InChI is InChI=1S/C49H57FN8O18/c1-5-49(73)24-12-29-38-22(15-57(29)45(69)23(24)17-75-48(49)72)36-26(7-6-21-20(4)25(50)13-27(54-38)35(21)36)53-31(60)14-52-43(67)28(18-74-47-41(66)39(64)40(65)42(76-47)46(70)71)55-44(68)37(19(2)3)56-30(59)10-11-51-32(61)16-58-33(62)8-9-34(58)63/h8-9,12-13,19,26,28,37,39-42,45,47,64-66,69,73H,5-7,10-11,14-18H2,1-4H3,(H,51,61)(H,52,67)(H,53,60)(H,55,68)(H,56,59)(H,70,71)/t26?,28?,37-,39-,40-,41+,42-,45?,47+,49-/m0/s1. The SMILES string of the molecule is CC[C@@]1(O)C(=O)OCC2=C1C=C1c3nc4cc(F)c(C)c5c4c(c3CN1C2O)C(NC(=O)CNC(=O)C(CO[C@@H]1O[C@H](C(=O)O)[C@@H](O)[C@H](O)[C@H]1O)NC(=O)[C@@H](NC(=O)CCNC(=O)CN1C(=O)C=CC1=O)C(C)C)CC5. The number of aryl methyl sites for hydroxylation is 1. The molecule has 0 bridgehead atoms. The Labute approximate surface area is 431 Å². The number of carboxylic acid groups (broad SMARTS) is 1. The molecule has 1 fully saturated rings. The fourth-order valence-corrected chi connectivity index (χ4v) is 10.1. The molecule has 3 unspecified atom stereocenters. The van der Waals surface area contributed by atoms with Crippen LogP contribution in [0.2, 0.25) is 0 Å². The number of aliphatic hydroxyl groups is 5. The Hall–Kier alpha value is -7.27. The molecule has 5 aliphatic heterocycles. The van der Waals surface area contributed by atoms with Crippen LogP contribution in [0, 0.1) is 18.7 Å². The van der Waals surface area contributed by atoms with Crippen molar-refractivity contribution in [2.45, 2.75) is 121 Å². The summed E-state index contributed by atoms with van der Waals surface area (Å²) in [7, 11) is 0. The number of imide groups is 1. The van der Waals surface area contributed by atoms with Crippen molar-refractivity contribution in [3.8, 4) is 0 Å². The molecule has 6 aliphatic rings. The van der Waals surface area contributed by atoms with Crippen LogP contribution in [0.15, 0.2) is 35.4 Å². The van der Waals surface area contributed by atoms with E-state index < -0.39 is 145 Å². The van der Waals surface area contributed by atoms with Gasteiger partial charge in [0.25, 0.3) is 11.8 Å². The van der Waals surface area contributed by atoms with Crippen LogP contribution < -0.4 is 26.6 Å². The van der Waals surface area contributed by atoms with Gasteiger partial charge in [0, 0.05) is 59.8 Å². The third kappa shape index (κ3) is 10.4. The molecule has 27 heteroatoms. The van der Waals surface area contributed by atoms with Gasteiger partial charge in [-0.05, 0) is 54.9 Å². The van der Waals surface area contributed by atoms with Crippen molar-refractivity contribution in [1.82, 2.24) is 41.4 Å². The van der Waals surface area contributed by atoms with E-state index in [1.54, 1.807) is 38.7 Å². The van der Waals surface area contributed by atoms with E-state index in [4.69, 9.17) is 19.2 Å². The molecular weight excluding hydrogens is 1010 g/mol. The van der Waals surface area contributed by atoms with Crippen LogP contribution in [0.5, 0.6) is 0 Å². The van der Waals surface area contributed by atoms with E-state index >= 15 is 4.39 Å². The number of esters is 1. The molecule has 1 aromatic carbocycles. The summed E-state index contributed by atoms with van der Waals surface area (Å²) in [6.45, 7) is 3.53. The zero-order valence-electron chi connectivity index (χ0n) is 41.5. The number of hydrogen-bond donors (Lipinski definition) is 11. The number of aromatic nitrogens is 1. The first kappa shape index (κ1) is 55.0. The average Bonchev–Trinajstić information content (AvgIpc) is 3.94. The molecule has 11 N–H and O–H groups in total. The number of aliphatic carboxylic acids is 1. The number of rotatable bonds is 18. The summed E-state index contributed by atoms with van der Waals surface area (Å²) in [4.78, 5) is 123. The molecule has 6 heterocycles. The van der Waals surface area contributed by atoms with Gasteiger partial charge in [-0.3, -0.25) is 38.5 Å². The van der Waals surface area contributed by atoms with Gasteiger partial charge in [0.2, 0.25) is 29.5 Å². The topological polar surface area (TPSA) is 382 Å². The molecule has 1 saturated heterocycles. The van der Waals surface area contributed by atoms with E-state index in [9.17, 15) is 73.8 Å². The highest BCUT2D eigenvalue weighted by atomic mass is 19.1. The second-order valence-electron chi connectivity index (χ2n) is 19.5. The molecular formula is C49H57FN8O18. The molecule has 76 heavy (non-hydrogen) atoms. The number of amides is 7. The largest absolute Gasteiger partial charge is 0.479 e. The van der Waals surface area contributed by atoms with E-state index in [-0.39, 0.29) is 62.0 Å². The van der Waals surface area contributed by atoms with Crippen molar-refractivity contribution < 1.29 is 92.4 Å². The number of hydrogen-bond acceptors (Lipinski definition) is 19. The van der Waals surface area contributed by atoms with Crippen LogP contribution in [0.1, 0.15) is 74.0 Å². The maximum atomic E-state index is 15.5. The average molecular weight is 1070 g/mol. The third-order valence-corrected chi connectivity index (χ3v) is 14.3. The van der Waals surface area contributed by atoms with Crippen LogP contribution in [-0.4, -0.2) is 186 Å². The van der Waals surface area contributed by atoms with Crippen LogP contribution in [0.25, 0.3) is 16.6 Å². The Bertz CT molecular complexity index is 2890. The first-order chi connectivity index (χ1) is 35.9. The van der Waals surface area contributed by atoms with E-state index in [1.807, 2.05) is 0 Å². The first-order valence-corrected chi connectivity index (χ1v) is 24.4. The number of benzene rings is 1. The molecule has 26 nitrogen and oxygen atoms in total. The Kier molecular flexibility index (Phi) is 15.7. The minimum Gasteiger partial charge on any atom is -0.479 e. The van der Waals surface area contributed by atoms with Gasteiger partial charge < -0.3 is 76.3 Å². The van der Waals surface area contributed by atoms with Crippen LogP contribution in [0.3, 0.4) is 0 Å². The zero-order chi connectivity index (χ0) is 55.2. The lowest BCUT2D eigenvalue weighted by Gasteiger charge is -2.40. The number of cyclic esters (lactones) is 1. The number of halogens is 1. The van der Waals surface area contributed by atoms with Crippen LogP contribution in [0.4, 0.5) is 4.39 Å². The summed E-state index contributed by atoms with van der Waals surface area (Å²) in [5.74, 6) is -9.49. The summed E-state index contributed by atoms with van der Waals surface area (Å²) in [6.07, 6.45) is -8.06. The van der Waals surface area contributed by atoms with Gasteiger partial charge in [-0.15, -0.1) is 0 Å². The predicted octanol–water partition coefficient (Wildman–Crippen LogP) is -3.65. The summed E-state index contributed by atoms with van der Waals surface area (Å²) in [5.41, 5.74) is 1.35. The Morgan fingerprint density at radius 2 is 1.66 bits per heavy atom. The van der Waals surface area contributed by atoms with E-state index in [0.29, 0.717) is 43.9 Å². The second kappa shape index (κ2) is 21.8.